The van der Waals surface area contributed by atoms with Crippen LogP contribution in [0.4, 0.5) is 0 Å². The predicted octanol–water partition coefficient (Wildman–Crippen LogP) is 16.3. The highest BCUT2D eigenvalue weighted by Crippen LogP contribution is 2.42. The van der Waals surface area contributed by atoms with Gasteiger partial charge in [-0.15, -0.1) is 0 Å². The molecule has 304 valence electrons. The van der Waals surface area contributed by atoms with Crippen molar-refractivity contribution in [2.75, 3.05) is 0 Å². The van der Waals surface area contributed by atoms with E-state index < -0.39 is 0 Å². The van der Waals surface area contributed by atoms with E-state index in [-0.39, 0.29) is 0 Å². The van der Waals surface area contributed by atoms with E-state index in [1.54, 1.807) is 0 Å². The molecule has 0 radical (unpaired) electrons. The van der Waals surface area contributed by atoms with Crippen molar-refractivity contribution in [3.8, 4) is 89.8 Å². The van der Waals surface area contributed by atoms with E-state index in [9.17, 15) is 0 Å². The molecule has 0 saturated carbocycles. The molecule has 2 aromatic heterocycles. The SMILES string of the molecule is c1ccc(-c2ccc(-c3cccc(-c4nc(-c5ccc(-c6ccccc6)c6ccccc56)nc(-c5cccc6oc7c(-c8ccc(-c9ccccc9)cc8)cccc7c56)n4)c3)cc2)cc1. The molecule has 65 heavy (non-hydrogen) atoms. The Morgan fingerprint density at radius 3 is 1.32 bits per heavy atom. The normalized spacial score (nSPS) is 11.4. The van der Waals surface area contributed by atoms with Crippen LogP contribution in [-0.2, 0) is 0 Å². The predicted molar refractivity (Wildman–Crippen MR) is 268 cm³/mol. The minimum Gasteiger partial charge on any atom is -0.455 e. The van der Waals surface area contributed by atoms with Crippen molar-refractivity contribution in [3.63, 3.8) is 0 Å². The molecule has 0 atom stereocenters. The summed E-state index contributed by atoms with van der Waals surface area (Å²) >= 11 is 0. The van der Waals surface area contributed by atoms with Crippen LogP contribution in [0.5, 0.6) is 0 Å². The molecule has 2 heterocycles. The third-order valence-electron chi connectivity index (χ3n) is 12.4. The lowest BCUT2D eigenvalue weighted by Crippen LogP contribution is -2.01. The second kappa shape index (κ2) is 16.2. The molecule has 4 nitrogen and oxygen atoms in total. The number of hydrogen-bond acceptors (Lipinski definition) is 4. The van der Waals surface area contributed by atoms with Crippen molar-refractivity contribution in [1.29, 1.82) is 0 Å². The van der Waals surface area contributed by atoms with Gasteiger partial charge in [-0.1, -0.05) is 218 Å². The molecular weight excluding hydrogens is 791 g/mol. The molecule has 10 aromatic carbocycles. The molecule has 0 bridgehead atoms. The monoisotopic (exact) mass is 829 g/mol. The summed E-state index contributed by atoms with van der Waals surface area (Å²) in [5.74, 6) is 1.76. The summed E-state index contributed by atoms with van der Waals surface area (Å²) in [6.07, 6.45) is 0. The fourth-order valence-corrected chi connectivity index (χ4v) is 9.17. The average molecular weight is 830 g/mol. The Morgan fingerprint density at radius 1 is 0.246 bits per heavy atom. The summed E-state index contributed by atoms with van der Waals surface area (Å²) in [5.41, 5.74) is 15.7. The van der Waals surface area contributed by atoms with Crippen LogP contribution in [0.1, 0.15) is 0 Å². The lowest BCUT2D eigenvalue weighted by molar-refractivity contribution is 0.670. The maximum Gasteiger partial charge on any atom is 0.164 e. The number of furan rings is 1. The Kier molecular flexibility index (Phi) is 9.46. The molecule has 0 saturated heterocycles. The van der Waals surface area contributed by atoms with E-state index in [0.717, 1.165) is 82.8 Å². The van der Waals surface area contributed by atoms with Crippen molar-refractivity contribution in [2.24, 2.45) is 0 Å². The van der Waals surface area contributed by atoms with E-state index >= 15 is 0 Å². The first kappa shape index (κ1) is 38.0. The molecule has 0 unspecified atom stereocenters. The van der Waals surface area contributed by atoms with Crippen LogP contribution in [0.25, 0.3) is 123 Å². The number of aromatic nitrogens is 3. The fourth-order valence-electron chi connectivity index (χ4n) is 9.17. The molecule has 4 heteroatoms. The van der Waals surface area contributed by atoms with Gasteiger partial charge in [-0.25, -0.2) is 15.0 Å². The Hall–Kier alpha value is -8.73. The average Bonchev–Trinajstić information content (AvgIpc) is 3.79. The van der Waals surface area contributed by atoms with Gasteiger partial charge in [0, 0.05) is 33.0 Å². The number of fused-ring (bicyclic) bond motifs is 4. The standard InChI is InChI=1S/C61H39N3O/c1-4-15-40(16-5-1)42-29-31-44(32-30-42)47-21-12-22-48(39-47)59-62-60(53-38-37-49(45-19-8-3-9-20-45)51-23-10-11-24-52(51)53)64-61(63-59)55-27-14-28-56-57(55)54-26-13-25-50(58(54)65-56)46-35-33-43(34-36-46)41-17-6-2-7-18-41/h1-39H. The zero-order valence-electron chi connectivity index (χ0n) is 35.3. The van der Waals surface area contributed by atoms with Gasteiger partial charge in [0.2, 0.25) is 0 Å². The van der Waals surface area contributed by atoms with Crippen molar-refractivity contribution in [3.05, 3.63) is 237 Å². The van der Waals surface area contributed by atoms with E-state index in [0.29, 0.717) is 17.5 Å². The Balaban J connectivity index is 1.02. The van der Waals surface area contributed by atoms with Gasteiger partial charge >= 0.3 is 0 Å². The number of rotatable bonds is 8. The molecule has 0 fully saturated rings. The van der Waals surface area contributed by atoms with E-state index in [1.807, 2.05) is 24.3 Å². The highest BCUT2D eigenvalue weighted by atomic mass is 16.3. The molecule has 12 rings (SSSR count). The smallest absolute Gasteiger partial charge is 0.164 e. The first-order chi connectivity index (χ1) is 32.2. The van der Waals surface area contributed by atoms with E-state index in [2.05, 4.69) is 212 Å². The van der Waals surface area contributed by atoms with Gasteiger partial charge in [0.05, 0.1) is 0 Å². The van der Waals surface area contributed by atoms with Crippen LogP contribution in [-0.4, -0.2) is 15.0 Å². The molecular formula is C61H39N3O. The zero-order chi connectivity index (χ0) is 43.1. The summed E-state index contributed by atoms with van der Waals surface area (Å²) in [5, 5.41) is 4.17. The third kappa shape index (κ3) is 7.04. The van der Waals surface area contributed by atoms with Gasteiger partial charge < -0.3 is 4.42 Å². The van der Waals surface area contributed by atoms with Crippen LogP contribution in [0.2, 0.25) is 0 Å². The second-order valence-corrected chi connectivity index (χ2v) is 16.3. The van der Waals surface area contributed by atoms with E-state index in [4.69, 9.17) is 19.4 Å². The van der Waals surface area contributed by atoms with Crippen LogP contribution >= 0.6 is 0 Å². The van der Waals surface area contributed by atoms with Crippen molar-refractivity contribution < 1.29 is 4.42 Å². The number of benzene rings is 10. The van der Waals surface area contributed by atoms with Crippen LogP contribution in [0.15, 0.2) is 241 Å². The summed E-state index contributed by atoms with van der Waals surface area (Å²) in [7, 11) is 0. The number of para-hydroxylation sites is 1. The van der Waals surface area contributed by atoms with Gasteiger partial charge in [0.1, 0.15) is 11.2 Å². The maximum atomic E-state index is 6.79. The zero-order valence-corrected chi connectivity index (χ0v) is 35.3. The highest BCUT2D eigenvalue weighted by molar-refractivity contribution is 6.15. The maximum absolute atomic E-state index is 6.79. The van der Waals surface area contributed by atoms with Crippen molar-refractivity contribution >= 4 is 32.7 Å². The van der Waals surface area contributed by atoms with Crippen LogP contribution in [0, 0.1) is 0 Å². The van der Waals surface area contributed by atoms with Crippen LogP contribution in [0.3, 0.4) is 0 Å². The highest BCUT2D eigenvalue weighted by Gasteiger charge is 2.21. The molecule has 0 spiro atoms. The lowest BCUT2D eigenvalue weighted by Gasteiger charge is -2.14. The Bertz CT molecular complexity index is 3670. The quantitative estimate of drug-likeness (QED) is 0.153. The Labute approximate surface area is 376 Å². The van der Waals surface area contributed by atoms with Gasteiger partial charge in [-0.2, -0.15) is 0 Å². The summed E-state index contributed by atoms with van der Waals surface area (Å²) in [4.78, 5) is 16.0. The second-order valence-electron chi connectivity index (χ2n) is 16.3. The minimum atomic E-state index is 0.574. The van der Waals surface area contributed by atoms with Gasteiger partial charge in [-0.3, -0.25) is 0 Å². The molecule has 0 aliphatic rings. The summed E-state index contributed by atoms with van der Waals surface area (Å²) < 4.78 is 6.79. The molecule has 0 N–H and O–H groups in total. The molecule has 0 amide bonds. The summed E-state index contributed by atoms with van der Waals surface area (Å²) in [6, 6.07) is 82.8. The minimum absolute atomic E-state index is 0.574. The van der Waals surface area contributed by atoms with E-state index in [1.165, 1.54) is 22.3 Å². The van der Waals surface area contributed by atoms with Crippen molar-refractivity contribution in [2.45, 2.75) is 0 Å². The Morgan fingerprint density at radius 2 is 0.662 bits per heavy atom. The van der Waals surface area contributed by atoms with Gasteiger partial charge in [0.15, 0.2) is 17.5 Å². The number of nitrogens with zero attached hydrogens (tertiary/aromatic N) is 3. The lowest BCUT2D eigenvalue weighted by atomic mass is 9.94. The van der Waals surface area contributed by atoms with Crippen LogP contribution < -0.4 is 0 Å². The molecule has 12 aromatic rings. The number of hydrogen-bond donors (Lipinski definition) is 0. The first-order valence-electron chi connectivity index (χ1n) is 21.9. The van der Waals surface area contributed by atoms with Crippen molar-refractivity contribution in [1.82, 2.24) is 15.0 Å². The molecule has 0 aliphatic carbocycles. The summed E-state index contributed by atoms with van der Waals surface area (Å²) in [6.45, 7) is 0. The topological polar surface area (TPSA) is 51.8 Å². The molecule has 0 aliphatic heterocycles. The first-order valence-corrected chi connectivity index (χ1v) is 21.9. The third-order valence-corrected chi connectivity index (χ3v) is 12.4. The van der Waals surface area contributed by atoms with Gasteiger partial charge in [-0.05, 0) is 79.0 Å². The van der Waals surface area contributed by atoms with Gasteiger partial charge in [0.25, 0.3) is 0 Å². The fraction of sp³-hybridized carbons (Fsp3) is 0. The largest absolute Gasteiger partial charge is 0.455 e.